The van der Waals surface area contributed by atoms with Crippen molar-refractivity contribution in [3.05, 3.63) is 83.7 Å². The van der Waals surface area contributed by atoms with E-state index in [4.69, 9.17) is 4.74 Å². The summed E-state index contributed by atoms with van der Waals surface area (Å²) in [5.74, 6) is -0.941. The molecule has 1 aliphatic heterocycles. The molecule has 0 radical (unpaired) electrons. The van der Waals surface area contributed by atoms with E-state index >= 15 is 0 Å². The number of nitrogens with zero attached hydrogens (tertiary/aromatic N) is 2. The van der Waals surface area contributed by atoms with Crippen LogP contribution in [-0.2, 0) is 31.3 Å². The van der Waals surface area contributed by atoms with Gasteiger partial charge in [0.05, 0.1) is 35.4 Å². The van der Waals surface area contributed by atoms with E-state index in [0.29, 0.717) is 11.3 Å². The lowest BCUT2D eigenvalue weighted by atomic mass is 10.0. The highest BCUT2D eigenvalue weighted by Crippen LogP contribution is 2.30. The van der Waals surface area contributed by atoms with Crippen molar-refractivity contribution in [2.45, 2.75) is 49.1 Å². The molecule has 3 aromatic rings. The number of hydrogen-bond donors (Lipinski definition) is 2. The molecule has 10 nitrogen and oxygen atoms in total. The van der Waals surface area contributed by atoms with Gasteiger partial charge in [-0.2, -0.15) is 4.31 Å². The zero-order valence-corrected chi connectivity index (χ0v) is 26.0. The first-order valence-electron chi connectivity index (χ1n) is 13.7. The van der Waals surface area contributed by atoms with Gasteiger partial charge in [0.1, 0.15) is 17.7 Å². The first-order chi connectivity index (χ1) is 20.2. The molecule has 0 aromatic heterocycles. The normalized spacial score (nSPS) is 18.7. The SMILES string of the molecule is Cc1ccc(S(=O)(=O)Nc2ccc3c(c2)CC(=O)N([C@H](C)CO)C[C@@H](C)[C@H](CN(C)S(=O)(=O)c2ccc(F)cc2)O3)cc1. The average molecular weight is 634 g/mol. The maximum atomic E-state index is 13.5. The van der Waals surface area contributed by atoms with Gasteiger partial charge in [-0.3, -0.25) is 9.52 Å². The fourth-order valence-electron chi connectivity index (χ4n) is 4.78. The third-order valence-corrected chi connectivity index (χ3v) is 10.7. The lowest BCUT2D eigenvalue weighted by molar-refractivity contribution is -0.134. The summed E-state index contributed by atoms with van der Waals surface area (Å²) in [6.45, 7) is 5.17. The predicted molar refractivity (Wildman–Crippen MR) is 160 cm³/mol. The van der Waals surface area contributed by atoms with Crippen LogP contribution in [0.25, 0.3) is 0 Å². The topological polar surface area (TPSA) is 133 Å². The monoisotopic (exact) mass is 633 g/mol. The van der Waals surface area contributed by atoms with Crippen LogP contribution in [0.4, 0.5) is 10.1 Å². The molecule has 0 unspecified atom stereocenters. The van der Waals surface area contributed by atoms with Crippen LogP contribution in [0.2, 0.25) is 0 Å². The molecule has 1 aliphatic rings. The fraction of sp³-hybridized carbons (Fsp3) is 0.367. The first kappa shape index (κ1) is 32.4. The number of likely N-dealkylation sites (N-methyl/N-ethyl adjacent to an activating group) is 1. The lowest BCUT2D eigenvalue weighted by Crippen LogP contribution is -2.48. The second-order valence-corrected chi connectivity index (χ2v) is 14.6. The van der Waals surface area contributed by atoms with Crippen molar-refractivity contribution in [1.29, 1.82) is 0 Å². The Bertz CT molecular complexity index is 1660. The van der Waals surface area contributed by atoms with Crippen LogP contribution in [0.15, 0.2) is 76.5 Å². The van der Waals surface area contributed by atoms with E-state index in [2.05, 4.69) is 4.72 Å². The molecule has 43 heavy (non-hydrogen) atoms. The summed E-state index contributed by atoms with van der Waals surface area (Å²) < 4.78 is 76.0. The summed E-state index contributed by atoms with van der Waals surface area (Å²) in [5.41, 5.74) is 1.53. The molecule has 0 bridgehead atoms. The molecule has 1 amide bonds. The molecule has 3 aromatic carbocycles. The molecular weight excluding hydrogens is 597 g/mol. The Morgan fingerprint density at radius 3 is 2.30 bits per heavy atom. The number of amides is 1. The third-order valence-electron chi connectivity index (χ3n) is 7.46. The molecular formula is C30H36FN3O7S2. The van der Waals surface area contributed by atoms with Gasteiger partial charge in [0, 0.05) is 30.8 Å². The van der Waals surface area contributed by atoms with E-state index in [1.165, 1.54) is 48.3 Å². The zero-order valence-electron chi connectivity index (χ0n) is 24.4. The van der Waals surface area contributed by atoms with Crippen molar-refractivity contribution in [3.8, 4) is 5.75 Å². The Kier molecular flexibility index (Phi) is 9.79. The second-order valence-electron chi connectivity index (χ2n) is 10.9. The number of fused-ring (bicyclic) bond motifs is 1. The number of hydrogen-bond acceptors (Lipinski definition) is 7. The van der Waals surface area contributed by atoms with Gasteiger partial charge in [-0.1, -0.05) is 24.6 Å². The maximum absolute atomic E-state index is 13.5. The van der Waals surface area contributed by atoms with Crippen molar-refractivity contribution in [1.82, 2.24) is 9.21 Å². The number of carbonyl (C=O) groups is 1. The minimum atomic E-state index is -4.00. The van der Waals surface area contributed by atoms with E-state index in [1.807, 2.05) is 13.8 Å². The minimum absolute atomic E-state index is 0.0798. The summed E-state index contributed by atoms with van der Waals surface area (Å²) in [6, 6.07) is 15.0. The molecule has 1 heterocycles. The Morgan fingerprint density at radius 2 is 1.67 bits per heavy atom. The molecule has 0 spiro atoms. The number of carbonyl (C=O) groups excluding carboxylic acids is 1. The van der Waals surface area contributed by atoms with Crippen LogP contribution in [0.3, 0.4) is 0 Å². The van der Waals surface area contributed by atoms with Crippen molar-refractivity contribution in [2.75, 3.05) is 31.5 Å². The Hall–Kier alpha value is -3.52. The molecule has 13 heteroatoms. The Labute approximate surface area is 252 Å². The number of aliphatic hydroxyl groups excluding tert-OH is 1. The first-order valence-corrected chi connectivity index (χ1v) is 16.6. The number of anilines is 1. The van der Waals surface area contributed by atoms with Gasteiger partial charge in [0.15, 0.2) is 0 Å². The van der Waals surface area contributed by atoms with Gasteiger partial charge in [-0.25, -0.2) is 21.2 Å². The minimum Gasteiger partial charge on any atom is -0.488 e. The van der Waals surface area contributed by atoms with E-state index in [0.717, 1.165) is 22.0 Å². The van der Waals surface area contributed by atoms with Gasteiger partial charge in [-0.15, -0.1) is 0 Å². The second kappa shape index (κ2) is 13.0. The van der Waals surface area contributed by atoms with Gasteiger partial charge >= 0.3 is 0 Å². The van der Waals surface area contributed by atoms with E-state index in [-0.39, 0.29) is 53.4 Å². The van der Waals surface area contributed by atoms with Crippen molar-refractivity contribution in [2.24, 2.45) is 5.92 Å². The van der Waals surface area contributed by atoms with Crippen LogP contribution in [0, 0.1) is 18.7 Å². The maximum Gasteiger partial charge on any atom is 0.261 e. The van der Waals surface area contributed by atoms with Crippen LogP contribution < -0.4 is 9.46 Å². The number of benzene rings is 3. The number of ether oxygens (including phenoxy) is 1. The van der Waals surface area contributed by atoms with Crippen molar-refractivity contribution in [3.63, 3.8) is 0 Å². The molecule has 0 saturated carbocycles. The molecule has 4 rings (SSSR count). The Balaban J connectivity index is 1.68. The number of rotatable bonds is 9. The molecule has 3 atom stereocenters. The summed E-state index contributed by atoms with van der Waals surface area (Å²) >= 11 is 0. The smallest absolute Gasteiger partial charge is 0.261 e. The summed E-state index contributed by atoms with van der Waals surface area (Å²) in [7, 11) is -6.52. The van der Waals surface area contributed by atoms with Crippen molar-refractivity contribution >= 4 is 31.6 Å². The predicted octanol–water partition coefficient (Wildman–Crippen LogP) is 3.40. The van der Waals surface area contributed by atoms with E-state index in [9.17, 15) is 31.1 Å². The largest absolute Gasteiger partial charge is 0.488 e. The lowest BCUT2D eigenvalue weighted by Gasteiger charge is -2.33. The van der Waals surface area contributed by atoms with E-state index < -0.39 is 38.0 Å². The van der Waals surface area contributed by atoms with Crippen LogP contribution >= 0.6 is 0 Å². The summed E-state index contributed by atoms with van der Waals surface area (Å²) in [6.07, 6.45) is -0.878. The zero-order chi connectivity index (χ0) is 31.5. The highest BCUT2D eigenvalue weighted by molar-refractivity contribution is 7.92. The van der Waals surface area contributed by atoms with Crippen molar-refractivity contribution < 1.29 is 35.9 Å². The molecule has 0 aliphatic carbocycles. The fourth-order valence-corrected chi connectivity index (χ4v) is 7.01. The molecule has 0 fully saturated rings. The molecule has 2 N–H and O–H groups in total. The number of aryl methyl sites for hydroxylation is 1. The number of sulfonamides is 2. The van der Waals surface area contributed by atoms with Crippen LogP contribution in [-0.4, -0.2) is 75.9 Å². The van der Waals surface area contributed by atoms with E-state index in [1.54, 1.807) is 25.1 Å². The number of halogens is 1. The molecule has 232 valence electrons. The molecule has 0 saturated heterocycles. The van der Waals surface area contributed by atoms with Gasteiger partial charge in [-0.05, 0) is 68.4 Å². The van der Waals surface area contributed by atoms with Crippen LogP contribution in [0.1, 0.15) is 25.0 Å². The standard InChI is InChI=1S/C30H36FN3O7S2/c1-20-5-10-26(11-6-20)42(37,38)32-25-9-14-28-23(15-25)16-30(36)34(22(3)19-35)17-21(2)29(41-28)18-33(4)43(39,40)27-12-7-24(31)8-13-27/h5-15,21-22,29,32,35H,16-19H2,1-4H3/t21-,22-,29+/m1/s1. The van der Waals surface area contributed by atoms with Crippen LogP contribution in [0.5, 0.6) is 5.75 Å². The van der Waals surface area contributed by atoms with Gasteiger partial charge in [0.2, 0.25) is 15.9 Å². The summed E-state index contributed by atoms with van der Waals surface area (Å²) in [5, 5.41) is 9.86. The van der Waals surface area contributed by atoms with Gasteiger partial charge in [0.25, 0.3) is 10.0 Å². The summed E-state index contributed by atoms with van der Waals surface area (Å²) in [4.78, 5) is 15.0. The Morgan fingerprint density at radius 1 is 1.05 bits per heavy atom. The van der Waals surface area contributed by atoms with Gasteiger partial charge < -0.3 is 14.7 Å². The highest BCUT2D eigenvalue weighted by atomic mass is 32.2. The number of nitrogens with one attached hydrogen (secondary N) is 1. The average Bonchev–Trinajstić information content (AvgIpc) is 3.00. The third kappa shape index (κ3) is 7.53. The quantitative estimate of drug-likeness (QED) is 0.369. The highest BCUT2D eigenvalue weighted by Gasteiger charge is 2.33. The number of aliphatic hydroxyl groups is 1.